The van der Waals surface area contributed by atoms with Crippen molar-refractivity contribution in [2.75, 3.05) is 6.26 Å². The zero-order chi connectivity index (χ0) is 13.7. The summed E-state index contributed by atoms with van der Waals surface area (Å²) >= 11 is 3.36. The van der Waals surface area contributed by atoms with Gasteiger partial charge in [0.2, 0.25) is 0 Å². The number of nitrogens with zero attached hydrogens (tertiary/aromatic N) is 2. The molecule has 0 bridgehead atoms. The minimum Gasteiger partial charge on any atom is -0.334 e. The van der Waals surface area contributed by atoms with Gasteiger partial charge in [-0.1, -0.05) is 27.2 Å². The number of sulfone groups is 1. The fourth-order valence-corrected chi connectivity index (χ4v) is 3.68. The Hall–Kier alpha value is -1.21. The van der Waals surface area contributed by atoms with Gasteiger partial charge in [-0.15, -0.1) is 0 Å². The SMILES string of the molecule is CS(=O)(=O)C1(c2noc(-c3cccc(Br)c3)n2)CC1. The monoisotopic (exact) mass is 342 g/mol. The summed E-state index contributed by atoms with van der Waals surface area (Å²) in [6.07, 6.45) is 2.34. The lowest BCUT2D eigenvalue weighted by Gasteiger charge is -2.06. The van der Waals surface area contributed by atoms with E-state index in [1.54, 1.807) is 0 Å². The minimum absolute atomic E-state index is 0.268. The van der Waals surface area contributed by atoms with Crippen LogP contribution in [-0.2, 0) is 14.6 Å². The van der Waals surface area contributed by atoms with Crippen molar-refractivity contribution in [1.29, 1.82) is 0 Å². The highest BCUT2D eigenvalue weighted by molar-refractivity contribution is 9.10. The summed E-state index contributed by atoms with van der Waals surface area (Å²) in [6, 6.07) is 7.42. The van der Waals surface area contributed by atoms with Gasteiger partial charge in [-0.2, -0.15) is 4.98 Å². The van der Waals surface area contributed by atoms with Gasteiger partial charge in [0, 0.05) is 16.3 Å². The average Bonchev–Trinajstić information content (AvgIpc) is 3.01. The van der Waals surface area contributed by atoms with E-state index in [4.69, 9.17) is 4.52 Å². The van der Waals surface area contributed by atoms with Gasteiger partial charge in [0.05, 0.1) is 0 Å². The van der Waals surface area contributed by atoms with Crippen molar-refractivity contribution in [3.05, 3.63) is 34.6 Å². The smallest absolute Gasteiger partial charge is 0.258 e. The molecule has 100 valence electrons. The number of aromatic nitrogens is 2. The highest BCUT2D eigenvalue weighted by Crippen LogP contribution is 2.51. The molecule has 5 nitrogen and oxygen atoms in total. The van der Waals surface area contributed by atoms with E-state index < -0.39 is 14.6 Å². The summed E-state index contributed by atoms with van der Waals surface area (Å²) in [5, 5.41) is 3.84. The molecular weight excluding hydrogens is 332 g/mol. The predicted octanol–water partition coefficient (Wildman–Crippen LogP) is 2.53. The second-order valence-corrected chi connectivity index (χ2v) is 7.94. The maximum atomic E-state index is 11.8. The van der Waals surface area contributed by atoms with Gasteiger partial charge in [-0.3, -0.25) is 0 Å². The van der Waals surface area contributed by atoms with Crippen molar-refractivity contribution in [2.45, 2.75) is 17.6 Å². The Morgan fingerprint density at radius 1 is 1.37 bits per heavy atom. The third kappa shape index (κ3) is 2.10. The molecule has 0 spiro atoms. The first-order valence-corrected chi connectivity index (χ1v) is 8.41. The Balaban J connectivity index is 2.02. The number of halogens is 1. The van der Waals surface area contributed by atoms with E-state index in [9.17, 15) is 8.42 Å². The number of rotatable bonds is 3. The maximum absolute atomic E-state index is 11.8. The molecule has 1 aliphatic carbocycles. The summed E-state index contributed by atoms with van der Waals surface area (Å²) in [5.74, 6) is 0.608. The molecule has 3 rings (SSSR count). The minimum atomic E-state index is -3.22. The Labute approximate surface area is 119 Å². The van der Waals surface area contributed by atoms with Crippen LogP contribution in [0.3, 0.4) is 0 Å². The van der Waals surface area contributed by atoms with Gasteiger partial charge in [0.25, 0.3) is 5.89 Å². The molecule has 0 aliphatic heterocycles. The Kier molecular flexibility index (Phi) is 2.79. The highest BCUT2D eigenvalue weighted by atomic mass is 79.9. The quantitative estimate of drug-likeness (QED) is 0.856. The standard InChI is InChI=1S/C12H11BrN2O3S/c1-19(16,17)12(5-6-12)11-14-10(18-15-11)8-3-2-4-9(13)7-8/h2-4,7H,5-6H2,1H3. The Morgan fingerprint density at radius 3 is 2.68 bits per heavy atom. The molecule has 19 heavy (non-hydrogen) atoms. The van der Waals surface area contributed by atoms with E-state index in [-0.39, 0.29) is 5.82 Å². The highest BCUT2D eigenvalue weighted by Gasteiger charge is 2.57. The molecule has 0 atom stereocenters. The summed E-state index contributed by atoms with van der Waals surface area (Å²) in [5.41, 5.74) is 0.762. The summed E-state index contributed by atoms with van der Waals surface area (Å²) in [7, 11) is -3.22. The molecule has 7 heteroatoms. The van der Waals surface area contributed by atoms with Crippen molar-refractivity contribution in [3.63, 3.8) is 0 Å². The van der Waals surface area contributed by atoms with Crippen molar-refractivity contribution in [3.8, 4) is 11.5 Å². The molecule has 0 N–H and O–H groups in total. The molecule has 1 heterocycles. The topological polar surface area (TPSA) is 73.1 Å². The van der Waals surface area contributed by atoms with Gasteiger partial charge in [0.1, 0.15) is 4.75 Å². The summed E-state index contributed by atoms with van der Waals surface area (Å²) < 4.78 is 28.7. The molecule has 1 aromatic heterocycles. The van der Waals surface area contributed by atoms with Crippen LogP contribution < -0.4 is 0 Å². The first-order valence-electron chi connectivity index (χ1n) is 5.72. The van der Waals surface area contributed by atoms with E-state index in [1.807, 2.05) is 24.3 Å². The third-order valence-corrected chi connectivity index (χ3v) is 5.82. The van der Waals surface area contributed by atoms with Gasteiger partial charge >= 0.3 is 0 Å². The molecule has 2 aromatic rings. The molecule has 0 radical (unpaired) electrons. The molecule has 1 saturated carbocycles. The van der Waals surface area contributed by atoms with E-state index >= 15 is 0 Å². The van der Waals surface area contributed by atoms with Crippen molar-refractivity contribution < 1.29 is 12.9 Å². The van der Waals surface area contributed by atoms with Crippen molar-refractivity contribution in [2.24, 2.45) is 0 Å². The fraction of sp³-hybridized carbons (Fsp3) is 0.333. The predicted molar refractivity (Wildman–Crippen MR) is 73.2 cm³/mol. The van der Waals surface area contributed by atoms with Gasteiger partial charge < -0.3 is 4.52 Å². The number of hydrogen-bond donors (Lipinski definition) is 0. The molecule has 0 saturated heterocycles. The first kappa shape index (κ1) is 12.8. The second-order valence-electron chi connectivity index (χ2n) is 4.70. The molecule has 0 amide bonds. The zero-order valence-corrected chi connectivity index (χ0v) is 12.5. The molecule has 0 unspecified atom stereocenters. The maximum Gasteiger partial charge on any atom is 0.258 e. The van der Waals surface area contributed by atoms with Gasteiger partial charge in [-0.25, -0.2) is 8.42 Å². The van der Waals surface area contributed by atoms with Gasteiger partial charge in [0.15, 0.2) is 15.7 Å². The Bertz CT molecular complexity index is 735. The van der Waals surface area contributed by atoms with Gasteiger partial charge in [-0.05, 0) is 31.0 Å². The van der Waals surface area contributed by atoms with Crippen molar-refractivity contribution in [1.82, 2.24) is 10.1 Å². The van der Waals surface area contributed by atoms with Crippen LogP contribution in [0.15, 0.2) is 33.3 Å². The summed E-state index contributed by atoms with van der Waals surface area (Å²) in [6.45, 7) is 0. The van der Waals surface area contributed by atoms with Crippen LogP contribution >= 0.6 is 15.9 Å². The average molecular weight is 343 g/mol. The molecule has 1 aromatic carbocycles. The number of hydrogen-bond acceptors (Lipinski definition) is 5. The lowest BCUT2D eigenvalue weighted by molar-refractivity contribution is 0.419. The summed E-state index contributed by atoms with van der Waals surface area (Å²) in [4.78, 5) is 4.24. The van der Waals surface area contributed by atoms with Crippen molar-refractivity contribution >= 4 is 25.8 Å². The zero-order valence-electron chi connectivity index (χ0n) is 10.1. The van der Waals surface area contributed by atoms with Crippen LogP contribution in [0.2, 0.25) is 0 Å². The van der Waals surface area contributed by atoms with E-state index in [0.29, 0.717) is 18.7 Å². The van der Waals surface area contributed by atoms with Crippen LogP contribution in [0, 0.1) is 0 Å². The molecular formula is C12H11BrN2O3S. The van der Waals surface area contributed by atoms with E-state index in [2.05, 4.69) is 26.1 Å². The third-order valence-electron chi connectivity index (χ3n) is 3.32. The molecule has 1 aliphatic rings. The molecule has 1 fully saturated rings. The van der Waals surface area contributed by atoms with E-state index in [0.717, 1.165) is 10.0 Å². The van der Waals surface area contributed by atoms with Crippen LogP contribution in [0.25, 0.3) is 11.5 Å². The largest absolute Gasteiger partial charge is 0.334 e. The van der Waals surface area contributed by atoms with Crippen LogP contribution in [-0.4, -0.2) is 24.8 Å². The lowest BCUT2D eigenvalue weighted by Crippen LogP contribution is -2.20. The normalized spacial score (nSPS) is 17.4. The van der Waals surface area contributed by atoms with Crippen LogP contribution in [0.4, 0.5) is 0 Å². The Morgan fingerprint density at radius 2 is 2.11 bits per heavy atom. The van der Waals surface area contributed by atoms with Crippen LogP contribution in [0.1, 0.15) is 18.7 Å². The fourth-order valence-electron chi connectivity index (χ4n) is 2.02. The first-order chi connectivity index (χ1) is 8.92. The second kappa shape index (κ2) is 4.14. The lowest BCUT2D eigenvalue weighted by atomic mass is 10.2. The van der Waals surface area contributed by atoms with E-state index in [1.165, 1.54) is 6.26 Å². The van der Waals surface area contributed by atoms with Crippen LogP contribution in [0.5, 0.6) is 0 Å². The number of benzene rings is 1.